The van der Waals surface area contributed by atoms with Gasteiger partial charge in [0.2, 0.25) is 0 Å². The molecule has 1 N–H and O–H groups in total. The number of rotatable bonds is 5. The molecular formula is C12H14NO4-. The van der Waals surface area contributed by atoms with E-state index in [9.17, 15) is 14.7 Å². The summed E-state index contributed by atoms with van der Waals surface area (Å²) in [5.74, 6) is -1.25. The highest BCUT2D eigenvalue weighted by Crippen LogP contribution is 2.11. The van der Waals surface area contributed by atoms with Crippen LogP contribution in [0.4, 0.5) is 0 Å². The van der Waals surface area contributed by atoms with Gasteiger partial charge in [0.15, 0.2) is 6.61 Å². The topological polar surface area (TPSA) is 78.5 Å². The zero-order chi connectivity index (χ0) is 12.8. The van der Waals surface area contributed by atoms with Crippen molar-refractivity contribution in [2.24, 2.45) is 0 Å². The highest BCUT2D eigenvalue weighted by atomic mass is 16.5. The number of hydrogen-bond donors (Lipinski definition) is 1. The van der Waals surface area contributed by atoms with Crippen LogP contribution in [-0.4, -0.2) is 24.5 Å². The summed E-state index contributed by atoms with van der Waals surface area (Å²) >= 11 is 0. The first-order chi connectivity index (χ1) is 7.99. The number of carbonyl (C=O) groups is 2. The first-order valence-corrected chi connectivity index (χ1v) is 5.18. The second-order valence-corrected chi connectivity index (χ2v) is 3.71. The first-order valence-electron chi connectivity index (χ1n) is 5.18. The molecule has 0 heterocycles. The first kappa shape index (κ1) is 13.0. The van der Waals surface area contributed by atoms with E-state index in [4.69, 9.17) is 4.74 Å². The van der Waals surface area contributed by atoms with Crippen LogP contribution in [0.5, 0.6) is 5.75 Å². The molecule has 1 unspecified atom stereocenters. The Morgan fingerprint density at radius 2 is 2.18 bits per heavy atom. The summed E-state index contributed by atoms with van der Waals surface area (Å²) in [5, 5.41) is 12.6. The maximum atomic E-state index is 11.3. The van der Waals surface area contributed by atoms with E-state index in [-0.39, 0.29) is 6.61 Å². The summed E-state index contributed by atoms with van der Waals surface area (Å²) in [5.41, 5.74) is 1.02. The molecule has 0 aliphatic carbocycles. The Labute approximate surface area is 99.4 Å². The van der Waals surface area contributed by atoms with Crippen LogP contribution in [0.25, 0.3) is 0 Å². The van der Waals surface area contributed by atoms with Gasteiger partial charge < -0.3 is 20.0 Å². The fourth-order valence-corrected chi connectivity index (χ4v) is 1.20. The van der Waals surface area contributed by atoms with E-state index in [0.717, 1.165) is 5.56 Å². The largest absolute Gasteiger partial charge is 0.548 e. The molecule has 17 heavy (non-hydrogen) atoms. The van der Waals surface area contributed by atoms with Gasteiger partial charge in [-0.15, -0.1) is 0 Å². The average molecular weight is 236 g/mol. The number of aliphatic carboxylic acids is 1. The van der Waals surface area contributed by atoms with E-state index in [1.807, 2.05) is 19.1 Å². The Kier molecular flexibility index (Phi) is 4.51. The van der Waals surface area contributed by atoms with Gasteiger partial charge in [0.25, 0.3) is 5.91 Å². The predicted molar refractivity (Wildman–Crippen MR) is 59.3 cm³/mol. The van der Waals surface area contributed by atoms with Crippen molar-refractivity contribution in [1.29, 1.82) is 0 Å². The van der Waals surface area contributed by atoms with E-state index in [2.05, 4.69) is 5.32 Å². The lowest BCUT2D eigenvalue weighted by molar-refractivity contribution is -0.307. The monoisotopic (exact) mass is 236 g/mol. The van der Waals surface area contributed by atoms with Crippen molar-refractivity contribution >= 4 is 11.9 Å². The molecule has 1 amide bonds. The second kappa shape index (κ2) is 5.89. The Hall–Kier alpha value is -2.04. The lowest BCUT2D eigenvalue weighted by atomic mass is 10.2. The van der Waals surface area contributed by atoms with Crippen LogP contribution in [0, 0.1) is 6.92 Å². The van der Waals surface area contributed by atoms with Crippen molar-refractivity contribution in [2.45, 2.75) is 19.9 Å². The number of benzene rings is 1. The number of carboxylic acids is 1. The maximum Gasteiger partial charge on any atom is 0.258 e. The third-order valence-electron chi connectivity index (χ3n) is 2.09. The van der Waals surface area contributed by atoms with E-state index in [1.54, 1.807) is 12.1 Å². The van der Waals surface area contributed by atoms with Crippen LogP contribution in [0.2, 0.25) is 0 Å². The van der Waals surface area contributed by atoms with Crippen LogP contribution >= 0.6 is 0 Å². The number of carbonyl (C=O) groups excluding carboxylic acids is 2. The van der Waals surface area contributed by atoms with Crippen molar-refractivity contribution < 1.29 is 19.4 Å². The third-order valence-corrected chi connectivity index (χ3v) is 2.09. The number of aryl methyl sites for hydroxylation is 1. The molecule has 1 atom stereocenters. The number of carboxylic acid groups (broad SMARTS) is 1. The number of amides is 1. The van der Waals surface area contributed by atoms with Crippen LogP contribution in [0.1, 0.15) is 12.5 Å². The smallest absolute Gasteiger partial charge is 0.258 e. The van der Waals surface area contributed by atoms with Gasteiger partial charge in [-0.05, 0) is 31.5 Å². The van der Waals surface area contributed by atoms with Crippen LogP contribution < -0.4 is 15.2 Å². The average Bonchev–Trinajstić information content (AvgIpc) is 2.26. The van der Waals surface area contributed by atoms with Crippen molar-refractivity contribution in [3.05, 3.63) is 29.8 Å². The highest BCUT2D eigenvalue weighted by molar-refractivity contribution is 5.83. The molecular weight excluding hydrogens is 222 g/mol. The Bertz CT molecular complexity index is 417. The summed E-state index contributed by atoms with van der Waals surface area (Å²) in [4.78, 5) is 21.7. The van der Waals surface area contributed by atoms with Gasteiger partial charge in [-0.2, -0.15) is 0 Å². The SMILES string of the molecule is Cc1cccc(OCC(=O)NC(C)C(=O)[O-])c1. The van der Waals surface area contributed by atoms with Gasteiger partial charge in [0.05, 0.1) is 12.0 Å². The second-order valence-electron chi connectivity index (χ2n) is 3.71. The summed E-state index contributed by atoms with van der Waals surface area (Å²) < 4.78 is 5.20. The molecule has 0 aliphatic rings. The van der Waals surface area contributed by atoms with Gasteiger partial charge in [-0.25, -0.2) is 0 Å². The lowest BCUT2D eigenvalue weighted by Gasteiger charge is -2.14. The van der Waals surface area contributed by atoms with Gasteiger partial charge in [0.1, 0.15) is 5.75 Å². The number of nitrogens with one attached hydrogen (secondary N) is 1. The standard InChI is InChI=1S/C12H15NO4/c1-8-4-3-5-10(6-8)17-7-11(14)13-9(2)12(15)16/h3-6,9H,7H2,1-2H3,(H,13,14)(H,15,16)/p-1. The molecule has 0 bridgehead atoms. The predicted octanol–water partition coefficient (Wildman–Crippen LogP) is -0.372. The Morgan fingerprint density at radius 3 is 2.76 bits per heavy atom. The molecule has 0 saturated heterocycles. The number of ether oxygens (including phenoxy) is 1. The van der Waals surface area contributed by atoms with E-state index in [1.165, 1.54) is 6.92 Å². The summed E-state index contributed by atoms with van der Waals surface area (Å²) in [6.45, 7) is 3.02. The molecule has 0 aliphatic heterocycles. The molecule has 0 saturated carbocycles. The maximum absolute atomic E-state index is 11.3. The van der Waals surface area contributed by atoms with Crippen LogP contribution in [-0.2, 0) is 9.59 Å². The highest BCUT2D eigenvalue weighted by Gasteiger charge is 2.08. The molecule has 0 radical (unpaired) electrons. The molecule has 1 rings (SSSR count). The minimum absolute atomic E-state index is 0.221. The van der Waals surface area contributed by atoms with Crippen molar-refractivity contribution in [3.63, 3.8) is 0 Å². The van der Waals surface area contributed by atoms with Gasteiger partial charge in [0, 0.05) is 0 Å². The lowest BCUT2D eigenvalue weighted by Crippen LogP contribution is -2.47. The number of hydrogen-bond acceptors (Lipinski definition) is 4. The van der Waals surface area contributed by atoms with Crippen molar-refractivity contribution in [2.75, 3.05) is 6.61 Å². The van der Waals surface area contributed by atoms with E-state index >= 15 is 0 Å². The zero-order valence-electron chi connectivity index (χ0n) is 9.73. The van der Waals surface area contributed by atoms with Crippen LogP contribution in [0.3, 0.4) is 0 Å². The van der Waals surface area contributed by atoms with E-state index in [0.29, 0.717) is 5.75 Å². The van der Waals surface area contributed by atoms with Gasteiger partial charge in [-0.3, -0.25) is 4.79 Å². The van der Waals surface area contributed by atoms with Gasteiger partial charge in [-0.1, -0.05) is 12.1 Å². The Morgan fingerprint density at radius 1 is 1.47 bits per heavy atom. The normalized spacial score (nSPS) is 11.6. The fraction of sp³-hybridized carbons (Fsp3) is 0.333. The third kappa shape index (κ3) is 4.55. The van der Waals surface area contributed by atoms with E-state index < -0.39 is 17.9 Å². The van der Waals surface area contributed by atoms with Crippen molar-refractivity contribution in [1.82, 2.24) is 5.32 Å². The summed E-state index contributed by atoms with van der Waals surface area (Å²) in [6.07, 6.45) is 0. The summed E-state index contributed by atoms with van der Waals surface area (Å²) in [7, 11) is 0. The minimum Gasteiger partial charge on any atom is -0.548 e. The molecule has 0 aromatic heterocycles. The fourth-order valence-electron chi connectivity index (χ4n) is 1.20. The van der Waals surface area contributed by atoms with Crippen LogP contribution in [0.15, 0.2) is 24.3 Å². The summed E-state index contributed by atoms with van der Waals surface area (Å²) in [6, 6.07) is 6.21. The molecule has 1 aromatic rings. The van der Waals surface area contributed by atoms with Gasteiger partial charge >= 0.3 is 0 Å². The molecule has 0 fully saturated rings. The zero-order valence-corrected chi connectivity index (χ0v) is 9.73. The minimum atomic E-state index is -1.33. The molecule has 5 heteroatoms. The molecule has 92 valence electrons. The molecule has 0 spiro atoms. The molecule has 1 aromatic carbocycles. The quantitative estimate of drug-likeness (QED) is 0.756. The van der Waals surface area contributed by atoms with Crippen molar-refractivity contribution in [3.8, 4) is 5.75 Å². The Balaban J connectivity index is 2.41. The molecule has 5 nitrogen and oxygen atoms in total.